The summed E-state index contributed by atoms with van der Waals surface area (Å²) < 4.78 is 2.26. The summed E-state index contributed by atoms with van der Waals surface area (Å²) in [5.41, 5.74) is 15.3. The molecule has 0 fully saturated rings. The molecule has 0 spiro atoms. The monoisotopic (exact) mass is 689 g/mol. The molecule has 0 saturated carbocycles. The van der Waals surface area contributed by atoms with E-state index in [4.69, 9.17) is 9.97 Å². The van der Waals surface area contributed by atoms with Crippen molar-refractivity contribution in [3.05, 3.63) is 187 Å². The smallest absolute Gasteiger partial charge is 0.235 e. The molecule has 1 aliphatic rings. The van der Waals surface area contributed by atoms with Crippen molar-refractivity contribution in [3.63, 3.8) is 0 Å². The first-order chi connectivity index (χ1) is 26.5. The zero-order valence-electron chi connectivity index (χ0n) is 30.1. The van der Waals surface area contributed by atoms with Crippen LogP contribution in [0.15, 0.2) is 176 Å². The van der Waals surface area contributed by atoms with Gasteiger partial charge in [-0.2, -0.15) is 0 Å². The summed E-state index contributed by atoms with van der Waals surface area (Å²) in [6, 6.07) is 63.5. The first-order valence-corrected chi connectivity index (χ1v) is 18.7. The molecule has 3 heteroatoms. The Balaban J connectivity index is 1.13. The van der Waals surface area contributed by atoms with E-state index in [-0.39, 0.29) is 5.41 Å². The summed E-state index contributed by atoms with van der Waals surface area (Å²) in [5.74, 6) is 0.663. The minimum atomic E-state index is -0.0642. The maximum Gasteiger partial charge on any atom is 0.235 e. The van der Waals surface area contributed by atoms with Crippen LogP contribution in [0.5, 0.6) is 0 Å². The van der Waals surface area contributed by atoms with E-state index < -0.39 is 0 Å². The third-order valence-electron chi connectivity index (χ3n) is 11.6. The maximum absolute atomic E-state index is 5.40. The molecular weight excluding hydrogens is 655 g/mol. The first kappa shape index (κ1) is 30.8. The SMILES string of the molecule is CC1(C)c2ccccc2-c2ccc(-c3ccc4c(c3)c3c5ccccc5ccc3n4-c3nc(-c4ccc(-c5ccccc5)cc4)c4ccccc4n3)cc21. The number of nitrogens with zero attached hydrogens (tertiary/aromatic N) is 3. The lowest BCUT2D eigenvalue weighted by Crippen LogP contribution is -2.14. The Morgan fingerprint density at radius 2 is 1.06 bits per heavy atom. The number of aromatic nitrogens is 3. The number of fused-ring (bicyclic) bond motifs is 9. The Kier molecular flexibility index (Phi) is 6.60. The summed E-state index contributed by atoms with van der Waals surface area (Å²) in [7, 11) is 0. The van der Waals surface area contributed by atoms with Crippen LogP contribution in [0.2, 0.25) is 0 Å². The molecule has 3 nitrogen and oxygen atoms in total. The average molecular weight is 690 g/mol. The molecule has 0 N–H and O–H groups in total. The van der Waals surface area contributed by atoms with E-state index in [0.717, 1.165) is 33.2 Å². The van der Waals surface area contributed by atoms with Crippen LogP contribution in [0.4, 0.5) is 0 Å². The van der Waals surface area contributed by atoms with E-state index in [2.05, 4.69) is 194 Å². The molecule has 0 bridgehead atoms. The molecular formula is C51H35N3. The number of hydrogen-bond acceptors (Lipinski definition) is 2. The third kappa shape index (κ3) is 4.55. The van der Waals surface area contributed by atoms with Crippen molar-refractivity contribution in [2.75, 3.05) is 0 Å². The topological polar surface area (TPSA) is 30.7 Å². The number of rotatable bonds is 4. The van der Waals surface area contributed by atoms with Crippen LogP contribution in [0.3, 0.4) is 0 Å². The van der Waals surface area contributed by atoms with Crippen molar-refractivity contribution in [2.45, 2.75) is 19.3 Å². The van der Waals surface area contributed by atoms with Crippen molar-refractivity contribution >= 4 is 43.5 Å². The molecule has 0 radical (unpaired) electrons. The number of para-hydroxylation sites is 1. The standard InChI is InChI=1S/C51H35N3/c1-51(2)43-18-10-8-16-39(43)40-27-24-37(31-44(40)51)36-26-28-46-42(30-36)48-38-15-7-6-14-34(38)25-29-47(48)54(46)50-52-45-19-11-9-17-41(45)49(53-50)35-22-20-33(21-23-35)32-12-4-3-5-13-32/h3-31H,1-2H3. The van der Waals surface area contributed by atoms with Crippen LogP contribution in [0.25, 0.3) is 94.1 Å². The minimum absolute atomic E-state index is 0.0642. The highest BCUT2D eigenvalue weighted by Crippen LogP contribution is 2.50. The number of benzene rings is 8. The summed E-state index contributed by atoms with van der Waals surface area (Å²) in [6.07, 6.45) is 0. The van der Waals surface area contributed by atoms with Crippen LogP contribution < -0.4 is 0 Å². The van der Waals surface area contributed by atoms with Gasteiger partial charge in [-0.05, 0) is 85.6 Å². The number of hydrogen-bond donors (Lipinski definition) is 0. The average Bonchev–Trinajstić information content (AvgIpc) is 3.69. The van der Waals surface area contributed by atoms with E-state index in [9.17, 15) is 0 Å². The summed E-state index contributed by atoms with van der Waals surface area (Å²) in [5, 5.41) is 5.87. The Morgan fingerprint density at radius 1 is 0.426 bits per heavy atom. The highest BCUT2D eigenvalue weighted by atomic mass is 15.2. The second-order valence-corrected chi connectivity index (χ2v) is 15.0. The van der Waals surface area contributed by atoms with Gasteiger partial charge in [-0.15, -0.1) is 0 Å². The predicted octanol–water partition coefficient (Wildman–Crippen LogP) is 13.2. The second-order valence-electron chi connectivity index (χ2n) is 15.0. The Hall–Kier alpha value is -6.84. The second kappa shape index (κ2) is 11.6. The quantitative estimate of drug-likeness (QED) is 0.184. The van der Waals surface area contributed by atoms with E-state index in [1.165, 1.54) is 66.1 Å². The Morgan fingerprint density at radius 3 is 1.93 bits per heavy atom. The van der Waals surface area contributed by atoms with Crippen LogP contribution in [0.1, 0.15) is 25.0 Å². The molecule has 254 valence electrons. The van der Waals surface area contributed by atoms with Gasteiger partial charge < -0.3 is 0 Å². The van der Waals surface area contributed by atoms with Gasteiger partial charge in [0.05, 0.1) is 22.2 Å². The molecule has 0 saturated heterocycles. The van der Waals surface area contributed by atoms with Gasteiger partial charge in [0.25, 0.3) is 0 Å². The highest BCUT2D eigenvalue weighted by molar-refractivity contribution is 6.21. The van der Waals surface area contributed by atoms with Crippen molar-refractivity contribution < 1.29 is 0 Å². The van der Waals surface area contributed by atoms with E-state index >= 15 is 0 Å². The van der Waals surface area contributed by atoms with Crippen LogP contribution in [-0.4, -0.2) is 14.5 Å². The largest absolute Gasteiger partial charge is 0.278 e. The van der Waals surface area contributed by atoms with Gasteiger partial charge in [0, 0.05) is 27.1 Å². The van der Waals surface area contributed by atoms with Gasteiger partial charge in [0.2, 0.25) is 5.95 Å². The van der Waals surface area contributed by atoms with E-state index in [0.29, 0.717) is 5.95 Å². The molecule has 0 unspecified atom stereocenters. The molecule has 2 heterocycles. The van der Waals surface area contributed by atoms with Gasteiger partial charge in [0.1, 0.15) is 0 Å². The summed E-state index contributed by atoms with van der Waals surface area (Å²) in [6.45, 7) is 4.69. The fraction of sp³-hybridized carbons (Fsp3) is 0.0588. The lowest BCUT2D eigenvalue weighted by molar-refractivity contribution is 0.660. The van der Waals surface area contributed by atoms with Gasteiger partial charge in [-0.25, -0.2) is 9.97 Å². The molecule has 0 amide bonds. The molecule has 0 aliphatic heterocycles. The summed E-state index contributed by atoms with van der Waals surface area (Å²) in [4.78, 5) is 10.7. The van der Waals surface area contributed by atoms with Gasteiger partial charge in [-0.3, -0.25) is 4.57 Å². The molecule has 54 heavy (non-hydrogen) atoms. The van der Waals surface area contributed by atoms with E-state index in [1.54, 1.807) is 0 Å². The normalized spacial score (nSPS) is 13.1. The molecule has 0 atom stereocenters. The van der Waals surface area contributed by atoms with Gasteiger partial charge >= 0.3 is 0 Å². The van der Waals surface area contributed by atoms with Crippen molar-refractivity contribution in [1.82, 2.24) is 14.5 Å². The van der Waals surface area contributed by atoms with Crippen molar-refractivity contribution in [3.8, 4) is 50.6 Å². The van der Waals surface area contributed by atoms with Crippen LogP contribution in [0, 0.1) is 0 Å². The van der Waals surface area contributed by atoms with Gasteiger partial charge in [0.15, 0.2) is 0 Å². The highest BCUT2D eigenvalue weighted by Gasteiger charge is 2.35. The van der Waals surface area contributed by atoms with Crippen molar-refractivity contribution in [1.29, 1.82) is 0 Å². The lowest BCUT2D eigenvalue weighted by Gasteiger charge is -2.22. The Labute approximate surface area is 313 Å². The van der Waals surface area contributed by atoms with Crippen molar-refractivity contribution in [2.24, 2.45) is 0 Å². The van der Waals surface area contributed by atoms with Crippen LogP contribution >= 0.6 is 0 Å². The fourth-order valence-corrected chi connectivity index (χ4v) is 8.90. The molecule has 1 aliphatic carbocycles. The molecule has 8 aromatic carbocycles. The predicted molar refractivity (Wildman–Crippen MR) is 225 cm³/mol. The lowest BCUT2D eigenvalue weighted by atomic mass is 9.81. The summed E-state index contributed by atoms with van der Waals surface area (Å²) >= 11 is 0. The molecule has 2 aromatic heterocycles. The maximum atomic E-state index is 5.40. The zero-order valence-corrected chi connectivity index (χ0v) is 30.1. The minimum Gasteiger partial charge on any atom is -0.278 e. The molecule has 11 rings (SSSR count). The fourth-order valence-electron chi connectivity index (χ4n) is 8.90. The zero-order chi connectivity index (χ0) is 36.0. The first-order valence-electron chi connectivity index (χ1n) is 18.7. The molecule has 10 aromatic rings. The Bertz CT molecular complexity index is 3110. The van der Waals surface area contributed by atoms with E-state index in [1.807, 2.05) is 0 Å². The third-order valence-corrected chi connectivity index (χ3v) is 11.6. The van der Waals surface area contributed by atoms with Gasteiger partial charge in [-0.1, -0.05) is 159 Å². The van der Waals surface area contributed by atoms with Crippen LogP contribution in [-0.2, 0) is 5.41 Å².